The molecule has 2 nitrogen and oxygen atoms in total. The van der Waals surface area contributed by atoms with Gasteiger partial charge in [-0.05, 0) is 32.8 Å². The number of carboxylic acid groups (broad SMARTS) is 1. The molecule has 1 aliphatic carbocycles. The summed E-state index contributed by atoms with van der Waals surface area (Å²) in [5, 5.41) is 9.08. The standard InChI is InChI=1S/C12H16O2/c1-9-6-4-5-7-10(8-9)12(2,3)11(13)14/h4,6-8H,5H2,1-3H3,(H,13,14). The molecular weight excluding hydrogens is 176 g/mol. The van der Waals surface area contributed by atoms with Crippen molar-refractivity contribution in [3.05, 3.63) is 35.5 Å². The number of carboxylic acids is 1. The lowest BCUT2D eigenvalue weighted by atomic mass is 9.83. The van der Waals surface area contributed by atoms with Gasteiger partial charge in [0.1, 0.15) is 0 Å². The highest BCUT2D eigenvalue weighted by atomic mass is 16.4. The van der Waals surface area contributed by atoms with E-state index in [9.17, 15) is 4.79 Å². The smallest absolute Gasteiger partial charge is 0.313 e. The first-order valence-electron chi connectivity index (χ1n) is 4.73. The van der Waals surface area contributed by atoms with Crippen LogP contribution in [-0.2, 0) is 4.79 Å². The van der Waals surface area contributed by atoms with Crippen molar-refractivity contribution in [3.8, 4) is 0 Å². The maximum absolute atomic E-state index is 11.0. The molecule has 0 aliphatic heterocycles. The lowest BCUT2D eigenvalue weighted by molar-refractivity contribution is -0.144. The van der Waals surface area contributed by atoms with E-state index in [1.165, 1.54) is 0 Å². The van der Waals surface area contributed by atoms with Gasteiger partial charge in [0.25, 0.3) is 0 Å². The first-order chi connectivity index (χ1) is 6.44. The SMILES string of the molecule is CC1=CC(C(C)(C)C(=O)O)=CCC=C1. The Morgan fingerprint density at radius 1 is 1.50 bits per heavy atom. The first kappa shape index (κ1) is 10.8. The Kier molecular flexibility index (Phi) is 2.94. The Balaban J connectivity index is 3.05. The molecule has 0 aromatic rings. The normalized spacial score (nSPS) is 17.1. The van der Waals surface area contributed by atoms with Crippen molar-refractivity contribution in [3.63, 3.8) is 0 Å². The third kappa shape index (κ3) is 2.13. The zero-order valence-electron chi connectivity index (χ0n) is 8.87. The fourth-order valence-electron chi connectivity index (χ4n) is 1.36. The van der Waals surface area contributed by atoms with E-state index >= 15 is 0 Å². The van der Waals surface area contributed by atoms with E-state index in [4.69, 9.17) is 5.11 Å². The molecule has 0 radical (unpaired) electrons. The molecule has 0 amide bonds. The molecule has 1 aliphatic rings. The van der Waals surface area contributed by atoms with Gasteiger partial charge in [0.2, 0.25) is 0 Å². The zero-order valence-corrected chi connectivity index (χ0v) is 8.87. The van der Waals surface area contributed by atoms with Crippen LogP contribution in [0.5, 0.6) is 0 Å². The van der Waals surface area contributed by atoms with Gasteiger partial charge in [-0.15, -0.1) is 0 Å². The Morgan fingerprint density at radius 3 is 2.71 bits per heavy atom. The minimum Gasteiger partial charge on any atom is -0.481 e. The molecule has 0 heterocycles. The summed E-state index contributed by atoms with van der Waals surface area (Å²) in [6, 6.07) is 0. The molecule has 1 rings (SSSR count). The molecule has 0 saturated carbocycles. The number of hydrogen-bond donors (Lipinski definition) is 1. The van der Waals surface area contributed by atoms with Crippen molar-refractivity contribution in [1.29, 1.82) is 0 Å². The molecule has 14 heavy (non-hydrogen) atoms. The second kappa shape index (κ2) is 3.82. The summed E-state index contributed by atoms with van der Waals surface area (Å²) < 4.78 is 0. The van der Waals surface area contributed by atoms with Gasteiger partial charge in [-0.2, -0.15) is 0 Å². The van der Waals surface area contributed by atoms with Crippen LogP contribution in [0, 0.1) is 5.41 Å². The third-order valence-corrected chi connectivity index (χ3v) is 2.49. The molecule has 0 saturated heterocycles. The molecule has 2 heteroatoms. The Labute approximate surface area is 84.6 Å². The molecule has 0 aromatic carbocycles. The van der Waals surface area contributed by atoms with E-state index in [2.05, 4.69) is 0 Å². The van der Waals surface area contributed by atoms with Gasteiger partial charge in [-0.25, -0.2) is 0 Å². The summed E-state index contributed by atoms with van der Waals surface area (Å²) in [7, 11) is 0. The predicted octanol–water partition coefficient (Wildman–Crippen LogP) is 2.93. The van der Waals surface area contributed by atoms with Gasteiger partial charge < -0.3 is 5.11 Å². The van der Waals surface area contributed by atoms with Gasteiger partial charge in [0.15, 0.2) is 0 Å². The fourth-order valence-corrected chi connectivity index (χ4v) is 1.36. The van der Waals surface area contributed by atoms with E-state index in [-0.39, 0.29) is 0 Å². The Hall–Kier alpha value is -1.31. The second-order valence-corrected chi connectivity index (χ2v) is 4.12. The van der Waals surface area contributed by atoms with Crippen LogP contribution < -0.4 is 0 Å². The topological polar surface area (TPSA) is 37.3 Å². The quantitative estimate of drug-likeness (QED) is 0.730. The van der Waals surface area contributed by atoms with Crippen LogP contribution in [0.3, 0.4) is 0 Å². The fraction of sp³-hybridized carbons (Fsp3) is 0.417. The van der Waals surface area contributed by atoms with Crippen LogP contribution in [0.4, 0.5) is 0 Å². The van der Waals surface area contributed by atoms with Crippen LogP contribution in [0.1, 0.15) is 27.2 Å². The summed E-state index contributed by atoms with van der Waals surface area (Å²) in [5.41, 5.74) is 1.18. The van der Waals surface area contributed by atoms with Crippen molar-refractivity contribution in [2.24, 2.45) is 5.41 Å². The average molecular weight is 192 g/mol. The monoisotopic (exact) mass is 192 g/mol. The van der Waals surface area contributed by atoms with Crippen molar-refractivity contribution >= 4 is 5.97 Å². The second-order valence-electron chi connectivity index (χ2n) is 4.12. The lowest BCUT2D eigenvalue weighted by Crippen LogP contribution is -2.25. The summed E-state index contributed by atoms with van der Waals surface area (Å²) in [6.45, 7) is 5.44. The van der Waals surface area contributed by atoms with Crippen LogP contribution in [0.2, 0.25) is 0 Å². The third-order valence-electron chi connectivity index (χ3n) is 2.49. The maximum atomic E-state index is 11.0. The number of aliphatic carboxylic acids is 1. The summed E-state index contributed by atoms with van der Waals surface area (Å²) in [5.74, 6) is -0.783. The summed E-state index contributed by atoms with van der Waals surface area (Å²) in [4.78, 5) is 11.0. The van der Waals surface area contributed by atoms with Crippen molar-refractivity contribution < 1.29 is 9.90 Å². The average Bonchev–Trinajstić information content (AvgIpc) is 2.29. The van der Waals surface area contributed by atoms with Gasteiger partial charge in [-0.1, -0.05) is 29.9 Å². The van der Waals surface area contributed by atoms with E-state index in [0.717, 1.165) is 17.6 Å². The molecule has 76 valence electrons. The van der Waals surface area contributed by atoms with Crippen molar-refractivity contribution in [1.82, 2.24) is 0 Å². The number of allylic oxidation sites excluding steroid dienone is 5. The Morgan fingerprint density at radius 2 is 2.14 bits per heavy atom. The van der Waals surface area contributed by atoms with Crippen LogP contribution in [0.25, 0.3) is 0 Å². The lowest BCUT2D eigenvalue weighted by Gasteiger charge is -2.20. The van der Waals surface area contributed by atoms with Gasteiger partial charge in [0.05, 0.1) is 5.41 Å². The zero-order chi connectivity index (χ0) is 10.8. The summed E-state index contributed by atoms with van der Waals surface area (Å²) >= 11 is 0. The molecule has 0 fully saturated rings. The summed E-state index contributed by atoms with van der Waals surface area (Å²) in [6.07, 6.45) is 8.77. The van der Waals surface area contributed by atoms with Crippen LogP contribution in [-0.4, -0.2) is 11.1 Å². The molecule has 0 aromatic heterocycles. The van der Waals surface area contributed by atoms with Crippen LogP contribution >= 0.6 is 0 Å². The van der Waals surface area contributed by atoms with E-state index < -0.39 is 11.4 Å². The maximum Gasteiger partial charge on any atom is 0.313 e. The molecule has 0 bridgehead atoms. The highest BCUT2D eigenvalue weighted by Gasteiger charge is 2.30. The van der Waals surface area contributed by atoms with Gasteiger partial charge in [-0.3, -0.25) is 4.79 Å². The molecule has 0 unspecified atom stereocenters. The van der Waals surface area contributed by atoms with E-state index in [1.54, 1.807) is 13.8 Å². The first-order valence-corrected chi connectivity index (χ1v) is 4.73. The van der Waals surface area contributed by atoms with Crippen molar-refractivity contribution in [2.45, 2.75) is 27.2 Å². The van der Waals surface area contributed by atoms with Gasteiger partial charge in [0, 0.05) is 0 Å². The van der Waals surface area contributed by atoms with Crippen LogP contribution in [0.15, 0.2) is 35.5 Å². The predicted molar refractivity (Wildman–Crippen MR) is 57.0 cm³/mol. The molecule has 0 spiro atoms. The molecule has 1 N–H and O–H groups in total. The minimum absolute atomic E-state index is 0.783. The molecule has 0 atom stereocenters. The minimum atomic E-state index is -0.798. The number of rotatable bonds is 2. The van der Waals surface area contributed by atoms with Crippen molar-refractivity contribution in [2.75, 3.05) is 0 Å². The van der Waals surface area contributed by atoms with E-state index in [1.807, 2.05) is 31.2 Å². The molecular formula is C12H16O2. The highest BCUT2D eigenvalue weighted by Crippen LogP contribution is 2.30. The highest BCUT2D eigenvalue weighted by molar-refractivity contribution is 5.78. The van der Waals surface area contributed by atoms with Gasteiger partial charge >= 0.3 is 5.97 Å². The number of carbonyl (C=O) groups is 1. The number of hydrogen-bond acceptors (Lipinski definition) is 1. The largest absolute Gasteiger partial charge is 0.481 e. The van der Waals surface area contributed by atoms with E-state index in [0.29, 0.717) is 0 Å². The Bertz CT molecular complexity index is 330.